The molecule has 3 aromatic carbocycles. The van der Waals surface area contributed by atoms with E-state index in [1.54, 1.807) is 80.9 Å². The van der Waals surface area contributed by atoms with Crippen molar-refractivity contribution < 1.29 is 19.1 Å². The topological polar surface area (TPSA) is 76.7 Å². The number of rotatable bonds is 6. The zero-order valence-corrected chi connectivity index (χ0v) is 15.6. The predicted octanol–water partition coefficient (Wildman–Crippen LogP) is 4.21. The van der Waals surface area contributed by atoms with Gasteiger partial charge in [-0.05, 0) is 36.4 Å². The fraction of sp³-hybridized carbons (Fsp3) is 0.0909. The number of benzene rings is 3. The van der Waals surface area contributed by atoms with Gasteiger partial charge in [-0.2, -0.15) is 0 Å². The Morgan fingerprint density at radius 1 is 0.643 bits per heavy atom. The first-order valence-electron chi connectivity index (χ1n) is 8.60. The lowest BCUT2D eigenvalue weighted by Crippen LogP contribution is -2.13. The van der Waals surface area contributed by atoms with Crippen LogP contribution < -0.4 is 20.1 Å². The average molecular weight is 376 g/mol. The van der Waals surface area contributed by atoms with E-state index in [1.165, 1.54) is 0 Å². The number of ether oxygens (including phenoxy) is 2. The van der Waals surface area contributed by atoms with Crippen molar-refractivity contribution in [1.82, 2.24) is 0 Å². The lowest BCUT2D eigenvalue weighted by atomic mass is 10.1. The highest BCUT2D eigenvalue weighted by Crippen LogP contribution is 2.26. The molecule has 6 nitrogen and oxygen atoms in total. The Bertz CT molecular complexity index is 947. The van der Waals surface area contributed by atoms with Gasteiger partial charge in [0.2, 0.25) is 0 Å². The minimum Gasteiger partial charge on any atom is -0.497 e. The first-order valence-corrected chi connectivity index (χ1v) is 8.60. The highest BCUT2D eigenvalue weighted by Gasteiger charge is 2.10. The van der Waals surface area contributed by atoms with Crippen LogP contribution in [0.2, 0.25) is 0 Å². The quantitative estimate of drug-likeness (QED) is 0.676. The Morgan fingerprint density at radius 3 is 1.68 bits per heavy atom. The number of hydrogen-bond donors (Lipinski definition) is 2. The molecule has 142 valence electrons. The van der Waals surface area contributed by atoms with Crippen molar-refractivity contribution in [2.75, 3.05) is 24.9 Å². The van der Waals surface area contributed by atoms with Gasteiger partial charge in [-0.3, -0.25) is 9.59 Å². The van der Waals surface area contributed by atoms with E-state index in [0.29, 0.717) is 34.0 Å². The van der Waals surface area contributed by atoms with Gasteiger partial charge in [0.1, 0.15) is 11.5 Å². The van der Waals surface area contributed by atoms with Crippen LogP contribution in [0.1, 0.15) is 20.7 Å². The Labute approximate surface area is 163 Å². The van der Waals surface area contributed by atoms with Crippen LogP contribution in [0.5, 0.6) is 11.5 Å². The molecule has 0 heterocycles. The highest BCUT2D eigenvalue weighted by molar-refractivity contribution is 6.06. The number of hydrogen-bond acceptors (Lipinski definition) is 4. The van der Waals surface area contributed by atoms with E-state index in [9.17, 15) is 9.59 Å². The van der Waals surface area contributed by atoms with Crippen molar-refractivity contribution in [2.45, 2.75) is 0 Å². The number of anilines is 2. The zero-order chi connectivity index (χ0) is 19.9. The second kappa shape index (κ2) is 8.73. The molecule has 0 aliphatic heterocycles. The molecule has 0 unspecified atom stereocenters. The maximum atomic E-state index is 12.5. The SMILES string of the molecule is COc1cc(NC(=O)c2ccc(NC(=O)c3ccccc3)cc2)cc(OC)c1. The summed E-state index contributed by atoms with van der Waals surface area (Å²) in [5, 5.41) is 5.61. The molecule has 0 fully saturated rings. The van der Waals surface area contributed by atoms with Gasteiger partial charge in [-0.25, -0.2) is 0 Å². The summed E-state index contributed by atoms with van der Waals surface area (Å²) < 4.78 is 10.4. The molecule has 2 amide bonds. The van der Waals surface area contributed by atoms with Crippen LogP contribution >= 0.6 is 0 Å². The van der Waals surface area contributed by atoms with Crippen molar-refractivity contribution in [2.24, 2.45) is 0 Å². The summed E-state index contributed by atoms with van der Waals surface area (Å²) in [6.07, 6.45) is 0. The molecule has 0 atom stereocenters. The number of carbonyl (C=O) groups excluding carboxylic acids is 2. The van der Waals surface area contributed by atoms with Crippen LogP contribution in [0.4, 0.5) is 11.4 Å². The molecule has 0 aliphatic rings. The normalized spacial score (nSPS) is 10.1. The van der Waals surface area contributed by atoms with Gasteiger partial charge in [0.15, 0.2) is 0 Å². The maximum absolute atomic E-state index is 12.5. The van der Waals surface area contributed by atoms with Gasteiger partial charge in [-0.15, -0.1) is 0 Å². The van der Waals surface area contributed by atoms with Crippen molar-refractivity contribution in [1.29, 1.82) is 0 Å². The predicted molar refractivity (Wildman–Crippen MR) is 108 cm³/mol. The van der Waals surface area contributed by atoms with Gasteiger partial charge in [0.25, 0.3) is 11.8 Å². The van der Waals surface area contributed by atoms with Crippen molar-refractivity contribution >= 4 is 23.2 Å². The van der Waals surface area contributed by atoms with Crippen LogP contribution in [0.25, 0.3) is 0 Å². The summed E-state index contributed by atoms with van der Waals surface area (Å²) in [7, 11) is 3.09. The summed E-state index contributed by atoms with van der Waals surface area (Å²) in [5.41, 5.74) is 2.19. The largest absolute Gasteiger partial charge is 0.497 e. The van der Waals surface area contributed by atoms with E-state index in [2.05, 4.69) is 10.6 Å². The Kier molecular flexibility index (Phi) is 5.91. The number of amides is 2. The Balaban J connectivity index is 1.68. The van der Waals surface area contributed by atoms with E-state index >= 15 is 0 Å². The minimum atomic E-state index is -0.281. The summed E-state index contributed by atoms with van der Waals surface area (Å²) in [6, 6.07) is 20.7. The van der Waals surface area contributed by atoms with Crippen LogP contribution in [0.3, 0.4) is 0 Å². The standard InChI is InChI=1S/C22H20N2O4/c1-27-19-12-18(13-20(14-19)28-2)24-22(26)16-8-10-17(11-9-16)23-21(25)15-6-4-3-5-7-15/h3-14H,1-2H3,(H,23,25)(H,24,26). The third-order valence-electron chi connectivity index (χ3n) is 4.05. The third-order valence-corrected chi connectivity index (χ3v) is 4.05. The molecule has 0 saturated heterocycles. The molecule has 0 saturated carbocycles. The molecule has 0 aromatic heterocycles. The van der Waals surface area contributed by atoms with E-state index in [1.807, 2.05) is 6.07 Å². The Hall–Kier alpha value is -3.80. The molecule has 0 aliphatic carbocycles. The highest BCUT2D eigenvalue weighted by atomic mass is 16.5. The number of carbonyl (C=O) groups is 2. The second-order valence-electron chi connectivity index (χ2n) is 5.95. The third kappa shape index (κ3) is 4.67. The Morgan fingerprint density at radius 2 is 1.14 bits per heavy atom. The first-order chi connectivity index (χ1) is 13.6. The first kappa shape index (κ1) is 19.0. The van der Waals surface area contributed by atoms with Gasteiger partial charge in [0.05, 0.1) is 14.2 Å². The molecule has 0 bridgehead atoms. The molecule has 2 N–H and O–H groups in total. The van der Waals surface area contributed by atoms with Crippen LogP contribution in [-0.2, 0) is 0 Å². The van der Waals surface area contributed by atoms with Crippen molar-refractivity contribution in [3.8, 4) is 11.5 Å². The molecule has 0 spiro atoms. The summed E-state index contributed by atoms with van der Waals surface area (Å²) in [5.74, 6) is 0.666. The van der Waals surface area contributed by atoms with Crippen LogP contribution in [-0.4, -0.2) is 26.0 Å². The zero-order valence-electron chi connectivity index (χ0n) is 15.6. The molecule has 0 radical (unpaired) electrons. The summed E-state index contributed by atoms with van der Waals surface area (Å²) in [6.45, 7) is 0. The lowest BCUT2D eigenvalue weighted by Gasteiger charge is -2.10. The van der Waals surface area contributed by atoms with Gasteiger partial charge in [0, 0.05) is 40.7 Å². The van der Waals surface area contributed by atoms with Gasteiger partial charge >= 0.3 is 0 Å². The van der Waals surface area contributed by atoms with E-state index in [-0.39, 0.29) is 11.8 Å². The fourth-order valence-corrected chi connectivity index (χ4v) is 2.58. The average Bonchev–Trinajstić information content (AvgIpc) is 2.74. The van der Waals surface area contributed by atoms with Gasteiger partial charge < -0.3 is 20.1 Å². The molecular formula is C22H20N2O4. The van der Waals surface area contributed by atoms with Crippen molar-refractivity contribution in [3.63, 3.8) is 0 Å². The van der Waals surface area contributed by atoms with E-state index in [4.69, 9.17) is 9.47 Å². The maximum Gasteiger partial charge on any atom is 0.255 e. The molecule has 6 heteroatoms. The van der Waals surface area contributed by atoms with Crippen LogP contribution in [0.15, 0.2) is 72.8 Å². The van der Waals surface area contributed by atoms with E-state index < -0.39 is 0 Å². The smallest absolute Gasteiger partial charge is 0.255 e. The number of nitrogens with one attached hydrogen (secondary N) is 2. The summed E-state index contributed by atoms with van der Waals surface area (Å²) >= 11 is 0. The van der Waals surface area contributed by atoms with Crippen molar-refractivity contribution in [3.05, 3.63) is 83.9 Å². The molecular weight excluding hydrogens is 356 g/mol. The molecule has 3 aromatic rings. The minimum absolute atomic E-state index is 0.207. The second-order valence-corrected chi connectivity index (χ2v) is 5.95. The fourth-order valence-electron chi connectivity index (χ4n) is 2.58. The van der Waals surface area contributed by atoms with E-state index in [0.717, 1.165) is 0 Å². The molecule has 3 rings (SSSR count). The molecule has 28 heavy (non-hydrogen) atoms. The monoisotopic (exact) mass is 376 g/mol. The number of methoxy groups -OCH3 is 2. The summed E-state index contributed by atoms with van der Waals surface area (Å²) in [4.78, 5) is 24.7. The van der Waals surface area contributed by atoms with Crippen LogP contribution in [0, 0.1) is 0 Å². The van der Waals surface area contributed by atoms with Gasteiger partial charge in [-0.1, -0.05) is 18.2 Å². The lowest BCUT2D eigenvalue weighted by molar-refractivity contribution is 0.102.